The van der Waals surface area contributed by atoms with E-state index in [2.05, 4.69) is 143 Å². The molecular weight excluding hydrogens is 617 g/mol. The van der Waals surface area contributed by atoms with Crippen LogP contribution in [0.3, 0.4) is 0 Å². The number of hydrogen-bond acceptors (Lipinski definition) is 4. The molecule has 49 heavy (non-hydrogen) atoms. The number of anilines is 2. The third-order valence-corrected chi connectivity index (χ3v) is 11.6. The lowest BCUT2D eigenvalue weighted by Crippen LogP contribution is -2.28. The van der Waals surface area contributed by atoms with Gasteiger partial charge in [0, 0.05) is 79.8 Å². The fourth-order valence-electron chi connectivity index (χ4n) is 8.31. The maximum absolute atomic E-state index is 4.89. The molecular formula is C44H28N4S. The van der Waals surface area contributed by atoms with Crippen molar-refractivity contribution in [3.05, 3.63) is 164 Å². The van der Waals surface area contributed by atoms with Gasteiger partial charge in [-0.15, -0.1) is 11.3 Å². The van der Waals surface area contributed by atoms with E-state index in [0.29, 0.717) is 5.92 Å². The molecule has 4 aromatic heterocycles. The maximum Gasteiger partial charge on any atom is 0.0971 e. The molecule has 4 nitrogen and oxygen atoms in total. The second-order valence-electron chi connectivity index (χ2n) is 13.0. The molecule has 0 N–H and O–H groups in total. The summed E-state index contributed by atoms with van der Waals surface area (Å²) < 4.78 is 4.89. The minimum Gasteiger partial charge on any atom is -0.333 e. The van der Waals surface area contributed by atoms with Gasteiger partial charge in [0.25, 0.3) is 0 Å². The molecule has 0 fully saturated rings. The molecule has 8 aromatic rings. The SMILES string of the molecule is C1=CC2c3ccccc3N(c3ccc4sc5c(-n6cc7c(c6)-c6cccnc6-c6ncccc6-c6ccccc6-7)cccc5c4c3)C2C=C1. The molecule has 11 rings (SSSR count). The van der Waals surface area contributed by atoms with Crippen LogP contribution in [-0.2, 0) is 0 Å². The van der Waals surface area contributed by atoms with E-state index in [4.69, 9.17) is 9.97 Å². The Morgan fingerprint density at radius 2 is 1.22 bits per heavy atom. The van der Waals surface area contributed by atoms with Crippen molar-refractivity contribution in [3.8, 4) is 50.5 Å². The quantitative estimate of drug-likeness (QED) is 0.188. The zero-order valence-corrected chi connectivity index (χ0v) is 27.2. The molecule has 5 heteroatoms. The van der Waals surface area contributed by atoms with E-state index >= 15 is 0 Å². The number of fused-ring (bicyclic) bond motifs is 14. The van der Waals surface area contributed by atoms with E-state index in [1.54, 1.807) is 0 Å². The van der Waals surface area contributed by atoms with Crippen LogP contribution in [0, 0.1) is 0 Å². The Hall–Kier alpha value is -6.04. The lowest BCUT2D eigenvalue weighted by atomic mass is 9.86. The van der Waals surface area contributed by atoms with Crippen LogP contribution in [-0.4, -0.2) is 20.6 Å². The van der Waals surface area contributed by atoms with E-state index in [1.807, 2.05) is 35.9 Å². The van der Waals surface area contributed by atoms with Crippen LogP contribution in [0.15, 0.2) is 158 Å². The van der Waals surface area contributed by atoms with Crippen LogP contribution in [0.2, 0.25) is 0 Å². The predicted octanol–water partition coefficient (Wildman–Crippen LogP) is 11.3. The van der Waals surface area contributed by atoms with Gasteiger partial charge in [0.15, 0.2) is 0 Å². The van der Waals surface area contributed by atoms with E-state index in [1.165, 1.54) is 59.5 Å². The molecule has 0 bridgehead atoms. The van der Waals surface area contributed by atoms with E-state index in [0.717, 1.165) is 28.1 Å². The van der Waals surface area contributed by atoms with Gasteiger partial charge in [-0.05, 0) is 59.2 Å². The number of pyridine rings is 2. The van der Waals surface area contributed by atoms with Crippen LogP contribution >= 0.6 is 11.3 Å². The number of hydrogen-bond donors (Lipinski definition) is 0. The molecule has 2 unspecified atom stereocenters. The van der Waals surface area contributed by atoms with Crippen molar-refractivity contribution in [3.63, 3.8) is 0 Å². The number of rotatable bonds is 2. The van der Waals surface area contributed by atoms with Crippen LogP contribution in [0.1, 0.15) is 11.5 Å². The van der Waals surface area contributed by atoms with Crippen molar-refractivity contribution < 1.29 is 0 Å². The zero-order valence-electron chi connectivity index (χ0n) is 26.4. The summed E-state index contributed by atoms with van der Waals surface area (Å²) in [5.41, 5.74) is 13.8. The number of benzene rings is 4. The molecule has 0 saturated heterocycles. The van der Waals surface area contributed by atoms with Gasteiger partial charge in [0.05, 0.1) is 27.8 Å². The van der Waals surface area contributed by atoms with E-state index in [9.17, 15) is 0 Å². The third-order valence-electron chi connectivity index (χ3n) is 10.4. The summed E-state index contributed by atoms with van der Waals surface area (Å²) in [6.45, 7) is 0. The van der Waals surface area contributed by atoms with E-state index < -0.39 is 0 Å². The normalized spacial score (nSPS) is 16.8. The third kappa shape index (κ3) is 3.85. The summed E-state index contributed by atoms with van der Waals surface area (Å²) >= 11 is 1.87. The molecule has 3 aliphatic rings. The first-order chi connectivity index (χ1) is 24.3. The van der Waals surface area contributed by atoms with Crippen molar-refractivity contribution in [1.82, 2.24) is 14.5 Å². The first-order valence-corrected chi connectivity index (χ1v) is 17.5. The van der Waals surface area contributed by atoms with Crippen molar-refractivity contribution in [2.24, 2.45) is 0 Å². The summed E-state index contributed by atoms with van der Waals surface area (Å²) in [5, 5.41) is 2.57. The Labute approximate surface area is 287 Å². The highest BCUT2D eigenvalue weighted by Gasteiger charge is 2.37. The average Bonchev–Trinajstić information content (AvgIpc) is 3.86. The lowest BCUT2D eigenvalue weighted by Gasteiger charge is -2.28. The van der Waals surface area contributed by atoms with Gasteiger partial charge >= 0.3 is 0 Å². The highest BCUT2D eigenvalue weighted by atomic mass is 32.1. The molecule has 2 aliphatic carbocycles. The lowest BCUT2D eigenvalue weighted by molar-refractivity contribution is 0.745. The van der Waals surface area contributed by atoms with Gasteiger partial charge < -0.3 is 9.47 Å². The van der Waals surface area contributed by atoms with Crippen LogP contribution in [0.4, 0.5) is 11.4 Å². The smallest absolute Gasteiger partial charge is 0.0971 e. The van der Waals surface area contributed by atoms with Crippen LogP contribution in [0.25, 0.3) is 70.6 Å². The number of allylic oxidation sites excluding steroid dienone is 2. The molecule has 0 radical (unpaired) electrons. The summed E-state index contributed by atoms with van der Waals surface area (Å²) in [7, 11) is 0. The number of nitrogens with zero attached hydrogens (tertiary/aromatic N) is 4. The fourth-order valence-corrected chi connectivity index (χ4v) is 9.51. The van der Waals surface area contributed by atoms with Crippen molar-refractivity contribution in [1.29, 1.82) is 0 Å². The van der Waals surface area contributed by atoms with Crippen LogP contribution < -0.4 is 4.90 Å². The topological polar surface area (TPSA) is 34.0 Å². The highest BCUT2D eigenvalue weighted by Crippen LogP contribution is 2.50. The summed E-state index contributed by atoms with van der Waals surface area (Å²) in [6, 6.07) is 40.0. The molecule has 0 amide bonds. The molecule has 1 aliphatic heterocycles. The molecule has 0 saturated carbocycles. The standard InChI is InChI=1S/C44H28N4S/c1-2-11-29-28(10-1)32-15-8-22-45-42(32)43-33(16-9-23-46-43)37-26-47(25-36(29)37)40-19-7-14-34-35-24-27(20-21-41(35)49-44(34)40)48-38-17-5-3-12-30(38)31-13-4-6-18-39(31)48/h1-26,30,38H. The molecule has 5 heterocycles. The van der Waals surface area contributed by atoms with Crippen molar-refractivity contribution in [2.45, 2.75) is 12.0 Å². The predicted molar refractivity (Wildman–Crippen MR) is 203 cm³/mol. The largest absolute Gasteiger partial charge is 0.333 e. The second kappa shape index (κ2) is 10.2. The summed E-state index contributed by atoms with van der Waals surface area (Å²) in [4.78, 5) is 12.3. The van der Waals surface area contributed by atoms with E-state index in [-0.39, 0.29) is 6.04 Å². The molecule has 2 atom stereocenters. The summed E-state index contributed by atoms with van der Waals surface area (Å²) in [6.07, 6.45) is 17.4. The maximum atomic E-state index is 4.89. The van der Waals surface area contributed by atoms with Gasteiger partial charge in [-0.1, -0.05) is 91.0 Å². The zero-order chi connectivity index (χ0) is 32.1. The monoisotopic (exact) mass is 644 g/mol. The minimum absolute atomic E-state index is 0.279. The minimum atomic E-state index is 0.279. The Bertz CT molecular complexity index is 2630. The molecule has 4 aromatic carbocycles. The Kier molecular flexibility index (Phi) is 5.63. The first-order valence-electron chi connectivity index (χ1n) is 16.7. The average molecular weight is 645 g/mol. The van der Waals surface area contributed by atoms with Gasteiger partial charge in [0.2, 0.25) is 0 Å². The number of thiophene rings is 1. The van der Waals surface area contributed by atoms with Crippen molar-refractivity contribution in [2.75, 3.05) is 4.90 Å². The van der Waals surface area contributed by atoms with Gasteiger partial charge in [-0.25, -0.2) is 0 Å². The Morgan fingerprint density at radius 1 is 0.551 bits per heavy atom. The second-order valence-corrected chi connectivity index (χ2v) is 14.0. The Morgan fingerprint density at radius 3 is 2.06 bits per heavy atom. The number of aromatic nitrogens is 3. The van der Waals surface area contributed by atoms with Crippen molar-refractivity contribution >= 4 is 42.9 Å². The van der Waals surface area contributed by atoms with Gasteiger partial charge in [-0.2, -0.15) is 0 Å². The summed E-state index contributed by atoms with van der Waals surface area (Å²) in [5.74, 6) is 0.366. The van der Waals surface area contributed by atoms with Gasteiger partial charge in [-0.3, -0.25) is 9.97 Å². The Balaban J connectivity index is 1.10. The number of para-hydroxylation sites is 1. The highest BCUT2D eigenvalue weighted by molar-refractivity contribution is 7.26. The van der Waals surface area contributed by atoms with Gasteiger partial charge in [0.1, 0.15) is 0 Å². The molecule has 230 valence electrons. The fraction of sp³-hybridized carbons (Fsp3) is 0.0455. The first kappa shape index (κ1) is 27.0. The van der Waals surface area contributed by atoms with Crippen LogP contribution in [0.5, 0.6) is 0 Å². The molecule has 0 spiro atoms.